The number of piperidine rings is 1. The van der Waals surface area contributed by atoms with Crippen molar-refractivity contribution in [3.8, 4) is 5.75 Å². The van der Waals surface area contributed by atoms with Gasteiger partial charge in [-0.15, -0.1) is 0 Å². The normalized spacial score (nSPS) is 19.1. The first-order valence-electron chi connectivity index (χ1n) is 7.70. The van der Waals surface area contributed by atoms with Crippen LogP contribution in [0.1, 0.15) is 24.5 Å². The van der Waals surface area contributed by atoms with Crippen molar-refractivity contribution in [2.24, 2.45) is 0 Å². The van der Waals surface area contributed by atoms with Crippen molar-refractivity contribution in [2.75, 3.05) is 20.2 Å². The number of rotatable bonds is 4. The van der Waals surface area contributed by atoms with Crippen LogP contribution in [0.15, 0.2) is 46.2 Å². The fraction of sp³-hybridized carbons (Fsp3) is 0.375. The van der Waals surface area contributed by atoms with Gasteiger partial charge in [0.2, 0.25) is 10.0 Å². The Bertz CT molecular complexity index is 879. The van der Waals surface area contributed by atoms with Crippen LogP contribution in [0.25, 0.3) is 0 Å². The van der Waals surface area contributed by atoms with Gasteiger partial charge in [-0.25, -0.2) is 18.2 Å². The predicted molar refractivity (Wildman–Crippen MR) is 88.6 cm³/mol. The largest absolute Gasteiger partial charge is 0.497 e. The van der Waals surface area contributed by atoms with Gasteiger partial charge in [-0.3, -0.25) is 0 Å². The van der Waals surface area contributed by atoms with E-state index in [0.29, 0.717) is 18.8 Å². The molecule has 1 fully saturated rings. The van der Waals surface area contributed by atoms with Crippen LogP contribution in [0.4, 0.5) is 0 Å². The van der Waals surface area contributed by atoms with E-state index in [9.17, 15) is 13.2 Å². The van der Waals surface area contributed by atoms with Crippen molar-refractivity contribution in [3.63, 3.8) is 0 Å². The first-order chi connectivity index (χ1) is 11.5. The lowest BCUT2D eigenvalue weighted by molar-refractivity contribution is 0.312. The molecule has 24 heavy (non-hydrogen) atoms. The third kappa shape index (κ3) is 3.34. The highest BCUT2D eigenvalue weighted by Gasteiger charge is 2.31. The molecule has 1 N–H and O–H groups in total. The molecule has 7 nitrogen and oxygen atoms in total. The molecule has 0 aliphatic carbocycles. The molecule has 1 aliphatic heterocycles. The van der Waals surface area contributed by atoms with Crippen LogP contribution in [0.2, 0.25) is 0 Å². The Morgan fingerprint density at radius 2 is 2.17 bits per heavy atom. The van der Waals surface area contributed by atoms with Crippen molar-refractivity contribution < 1.29 is 13.2 Å². The zero-order chi connectivity index (χ0) is 17.2. The van der Waals surface area contributed by atoms with Gasteiger partial charge in [0.15, 0.2) is 0 Å². The molecule has 1 atom stereocenters. The number of methoxy groups -OCH3 is 1. The number of hydrogen-bond donors (Lipinski definition) is 1. The minimum atomic E-state index is -3.60. The summed E-state index contributed by atoms with van der Waals surface area (Å²) in [4.78, 5) is 17.9. The number of sulfonamides is 1. The lowest BCUT2D eigenvalue weighted by atomic mass is 9.96. The Labute approximate surface area is 140 Å². The maximum Gasteiger partial charge on any atom is 0.345 e. The molecule has 1 unspecified atom stereocenters. The molecule has 1 aliphatic rings. The molecule has 3 rings (SSSR count). The number of aromatic nitrogens is 2. The molecular weight excluding hydrogens is 330 g/mol. The van der Waals surface area contributed by atoms with Gasteiger partial charge in [-0.1, -0.05) is 6.07 Å². The molecule has 1 aromatic heterocycles. The molecule has 2 aromatic rings. The first kappa shape index (κ1) is 16.7. The monoisotopic (exact) mass is 349 g/mol. The van der Waals surface area contributed by atoms with Crippen molar-refractivity contribution in [3.05, 3.63) is 52.7 Å². The zero-order valence-electron chi connectivity index (χ0n) is 13.3. The van der Waals surface area contributed by atoms with Crippen LogP contribution >= 0.6 is 0 Å². The lowest BCUT2D eigenvalue weighted by Gasteiger charge is -2.31. The van der Waals surface area contributed by atoms with E-state index in [0.717, 1.165) is 18.5 Å². The Morgan fingerprint density at radius 3 is 2.92 bits per heavy atom. The minimum Gasteiger partial charge on any atom is -0.497 e. The SMILES string of the molecule is COc1cccc(S(=O)(=O)N2CCCC(c3ccnc(=O)[nH]3)C2)c1. The molecule has 0 saturated carbocycles. The number of H-pyrrole nitrogens is 1. The summed E-state index contributed by atoms with van der Waals surface area (Å²) in [6, 6.07) is 8.18. The summed E-state index contributed by atoms with van der Waals surface area (Å²) in [7, 11) is -2.10. The van der Waals surface area contributed by atoms with Gasteiger partial charge in [0, 0.05) is 37.0 Å². The second-order valence-electron chi connectivity index (χ2n) is 5.71. The van der Waals surface area contributed by atoms with Gasteiger partial charge in [0.05, 0.1) is 12.0 Å². The number of nitrogens with one attached hydrogen (secondary N) is 1. The third-order valence-electron chi connectivity index (χ3n) is 4.20. The van der Waals surface area contributed by atoms with E-state index in [4.69, 9.17) is 4.74 Å². The van der Waals surface area contributed by atoms with Crippen LogP contribution in [0.3, 0.4) is 0 Å². The molecule has 1 saturated heterocycles. The average molecular weight is 349 g/mol. The van der Waals surface area contributed by atoms with Crippen molar-refractivity contribution in [1.29, 1.82) is 0 Å². The van der Waals surface area contributed by atoms with E-state index in [1.807, 2.05) is 0 Å². The quantitative estimate of drug-likeness (QED) is 0.899. The molecular formula is C16H19N3O4S. The van der Waals surface area contributed by atoms with Crippen LogP contribution in [0, 0.1) is 0 Å². The average Bonchev–Trinajstić information content (AvgIpc) is 2.62. The molecule has 0 spiro atoms. The summed E-state index contributed by atoms with van der Waals surface area (Å²) in [6.45, 7) is 0.796. The second-order valence-corrected chi connectivity index (χ2v) is 7.65. The van der Waals surface area contributed by atoms with E-state index < -0.39 is 15.7 Å². The summed E-state index contributed by atoms with van der Waals surface area (Å²) in [5.41, 5.74) is 0.306. The van der Waals surface area contributed by atoms with Crippen LogP contribution in [-0.4, -0.2) is 42.9 Å². The first-order valence-corrected chi connectivity index (χ1v) is 9.14. The van der Waals surface area contributed by atoms with Gasteiger partial charge in [-0.2, -0.15) is 4.31 Å². The molecule has 128 valence electrons. The fourth-order valence-electron chi connectivity index (χ4n) is 2.95. The van der Waals surface area contributed by atoms with Crippen LogP contribution in [-0.2, 0) is 10.0 Å². The topological polar surface area (TPSA) is 92.4 Å². The van der Waals surface area contributed by atoms with Crippen molar-refractivity contribution >= 4 is 10.0 Å². The standard InChI is InChI=1S/C16H19N3O4S/c1-23-13-5-2-6-14(10-13)24(21,22)19-9-3-4-12(11-19)15-7-8-17-16(20)18-15/h2,5-8,10,12H,3-4,9,11H2,1H3,(H,17,18,20). The van der Waals surface area contributed by atoms with E-state index >= 15 is 0 Å². The van der Waals surface area contributed by atoms with Gasteiger partial charge >= 0.3 is 5.69 Å². The number of ether oxygens (including phenoxy) is 1. The van der Waals surface area contributed by atoms with Crippen molar-refractivity contribution in [2.45, 2.75) is 23.7 Å². The van der Waals surface area contributed by atoms with Crippen LogP contribution < -0.4 is 10.4 Å². The van der Waals surface area contributed by atoms with E-state index in [-0.39, 0.29) is 10.8 Å². The van der Waals surface area contributed by atoms with Gasteiger partial charge in [0.25, 0.3) is 0 Å². The minimum absolute atomic E-state index is 0.0465. The zero-order valence-corrected chi connectivity index (χ0v) is 14.1. The molecule has 2 heterocycles. The molecule has 1 aromatic carbocycles. The fourth-order valence-corrected chi connectivity index (χ4v) is 4.51. The Hall–Kier alpha value is -2.19. The molecule has 0 amide bonds. The Kier molecular flexibility index (Phi) is 4.68. The van der Waals surface area contributed by atoms with Gasteiger partial charge in [0.1, 0.15) is 5.75 Å². The van der Waals surface area contributed by atoms with E-state index in [1.165, 1.54) is 23.7 Å². The maximum absolute atomic E-state index is 12.9. The summed E-state index contributed by atoms with van der Waals surface area (Å²) in [5.74, 6) is 0.456. The smallest absolute Gasteiger partial charge is 0.345 e. The van der Waals surface area contributed by atoms with Gasteiger partial charge < -0.3 is 9.72 Å². The Balaban J connectivity index is 1.87. The van der Waals surface area contributed by atoms with Crippen LogP contribution in [0.5, 0.6) is 5.75 Å². The molecule has 0 bridgehead atoms. The van der Waals surface area contributed by atoms with E-state index in [1.54, 1.807) is 24.3 Å². The predicted octanol–water partition coefficient (Wildman–Crippen LogP) is 1.35. The van der Waals surface area contributed by atoms with Crippen molar-refractivity contribution in [1.82, 2.24) is 14.3 Å². The third-order valence-corrected chi connectivity index (χ3v) is 6.06. The number of nitrogens with zero attached hydrogens (tertiary/aromatic N) is 2. The second kappa shape index (κ2) is 6.74. The highest BCUT2D eigenvalue weighted by molar-refractivity contribution is 7.89. The maximum atomic E-state index is 12.9. The lowest BCUT2D eigenvalue weighted by Crippen LogP contribution is -2.39. The molecule has 8 heteroatoms. The highest BCUT2D eigenvalue weighted by atomic mass is 32.2. The highest BCUT2D eigenvalue weighted by Crippen LogP contribution is 2.29. The summed E-state index contributed by atoms with van der Waals surface area (Å²) in [6.07, 6.45) is 3.01. The van der Waals surface area contributed by atoms with E-state index in [2.05, 4.69) is 9.97 Å². The molecule has 0 radical (unpaired) electrons. The number of benzene rings is 1. The number of aromatic amines is 1. The van der Waals surface area contributed by atoms with Gasteiger partial charge in [-0.05, 0) is 31.0 Å². The summed E-state index contributed by atoms with van der Waals surface area (Å²) >= 11 is 0. The summed E-state index contributed by atoms with van der Waals surface area (Å²) in [5, 5.41) is 0. The summed E-state index contributed by atoms with van der Waals surface area (Å²) < 4.78 is 32.3. The Morgan fingerprint density at radius 1 is 1.33 bits per heavy atom. The number of hydrogen-bond acceptors (Lipinski definition) is 5.